The Labute approximate surface area is 116 Å². The highest BCUT2D eigenvalue weighted by Crippen LogP contribution is 2.33. The second kappa shape index (κ2) is 5.89. The highest BCUT2D eigenvalue weighted by Gasteiger charge is 2.26. The summed E-state index contributed by atoms with van der Waals surface area (Å²) in [5.74, 6) is -1.83. The minimum absolute atomic E-state index is 0.110. The molecular weight excluding hydrogens is 322 g/mol. The van der Waals surface area contributed by atoms with Gasteiger partial charge in [0.2, 0.25) is 0 Å². The number of halogens is 1. The van der Waals surface area contributed by atoms with E-state index in [0.29, 0.717) is 0 Å². The summed E-state index contributed by atoms with van der Waals surface area (Å²) < 4.78 is 0. The van der Waals surface area contributed by atoms with Crippen molar-refractivity contribution in [2.75, 3.05) is 0 Å². The van der Waals surface area contributed by atoms with E-state index in [1.165, 1.54) is 19.1 Å². The van der Waals surface area contributed by atoms with Crippen LogP contribution >= 0.6 is 15.9 Å². The second-order valence-corrected chi connectivity index (χ2v) is 4.71. The normalized spacial score (nSPS) is 13.6. The number of carbonyl (C=O) groups is 2. The van der Waals surface area contributed by atoms with Crippen molar-refractivity contribution in [3.63, 3.8) is 0 Å². The van der Waals surface area contributed by atoms with Crippen molar-refractivity contribution >= 4 is 33.4 Å². The van der Waals surface area contributed by atoms with Gasteiger partial charge in [0.05, 0.1) is 10.5 Å². The molecule has 7 nitrogen and oxygen atoms in total. The summed E-state index contributed by atoms with van der Waals surface area (Å²) >= 11 is 3.03. The average Bonchev–Trinajstić information content (AvgIpc) is 2.35. The fourth-order valence-corrected chi connectivity index (χ4v) is 1.85. The third-order valence-corrected chi connectivity index (χ3v) is 3.57. The maximum atomic E-state index is 11.2. The lowest BCUT2D eigenvalue weighted by molar-refractivity contribution is -0.385. The number of nitro benzene ring substituents is 1. The van der Waals surface area contributed by atoms with Gasteiger partial charge in [0.15, 0.2) is 6.10 Å². The number of carboxylic acids is 1. The fourth-order valence-electron chi connectivity index (χ4n) is 1.46. The van der Waals surface area contributed by atoms with Gasteiger partial charge in [0, 0.05) is 6.07 Å². The first-order valence-corrected chi connectivity index (χ1v) is 6.01. The Morgan fingerprint density at radius 3 is 2.42 bits per heavy atom. The highest BCUT2D eigenvalue weighted by molar-refractivity contribution is 9.09. The number of nitro groups is 1. The van der Waals surface area contributed by atoms with Gasteiger partial charge in [0.1, 0.15) is 10.6 Å². The van der Waals surface area contributed by atoms with Gasteiger partial charge in [-0.2, -0.15) is 0 Å². The summed E-state index contributed by atoms with van der Waals surface area (Å²) in [4.78, 5) is 31.2. The number of hydrogen-bond donors (Lipinski definition) is 2. The lowest BCUT2D eigenvalue weighted by Crippen LogP contribution is -2.12. The summed E-state index contributed by atoms with van der Waals surface area (Å²) in [7, 11) is 0. The molecular formula is C11H10BrNO6. The molecule has 0 amide bonds. The molecule has 0 aromatic heterocycles. The third-order valence-electron chi connectivity index (χ3n) is 2.43. The lowest BCUT2D eigenvalue weighted by atomic mass is 10.0. The van der Waals surface area contributed by atoms with E-state index in [9.17, 15) is 24.8 Å². The number of aliphatic carboxylic acids is 1. The molecule has 2 unspecified atom stereocenters. The van der Waals surface area contributed by atoms with Crippen LogP contribution in [0.15, 0.2) is 18.2 Å². The van der Waals surface area contributed by atoms with Crippen molar-refractivity contribution in [3.05, 3.63) is 39.4 Å². The molecule has 0 radical (unpaired) electrons. The summed E-state index contributed by atoms with van der Waals surface area (Å²) in [5, 5.41) is 28.9. The number of nitrogens with zero attached hydrogens (tertiary/aromatic N) is 1. The smallest absolute Gasteiger partial charge is 0.337 e. The van der Waals surface area contributed by atoms with Gasteiger partial charge >= 0.3 is 5.97 Å². The van der Waals surface area contributed by atoms with Crippen LogP contribution in [0.25, 0.3) is 0 Å². The average molecular weight is 332 g/mol. The van der Waals surface area contributed by atoms with E-state index in [1.54, 1.807) is 0 Å². The third kappa shape index (κ3) is 3.36. The number of alkyl halides is 1. The van der Waals surface area contributed by atoms with Crippen LogP contribution < -0.4 is 0 Å². The molecule has 0 aliphatic rings. The Hall–Kier alpha value is -1.80. The number of benzene rings is 1. The standard InChI is InChI=1S/C11H10BrNO6/c1-5(14)9(12)7-3-2-6(10(15)11(16)17)4-8(7)13(18)19/h2-4,9-10,15H,1H3,(H,16,17). The van der Waals surface area contributed by atoms with Gasteiger partial charge in [-0.15, -0.1) is 0 Å². The second-order valence-electron chi connectivity index (χ2n) is 3.79. The molecule has 0 saturated heterocycles. The van der Waals surface area contributed by atoms with Gasteiger partial charge in [-0.1, -0.05) is 28.1 Å². The van der Waals surface area contributed by atoms with Crippen LogP contribution in [0.5, 0.6) is 0 Å². The Bertz CT molecular complexity index is 544. The van der Waals surface area contributed by atoms with Crippen molar-refractivity contribution in [3.8, 4) is 0 Å². The van der Waals surface area contributed by atoms with Crippen LogP contribution in [0.2, 0.25) is 0 Å². The number of carboxylic acid groups (broad SMARTS) is 1. The van der Waals surface area contributed by atoms with Crippen LogP contribution in [-0.2, 0) is 9.59 Å². The first kappa shape index (κ1) is 15.3. The van der Waals surface area contributed by atoms with E-state index in [2.05, 4.69) is 15.9 Å². The van der Waals surface area contributed by atoms with Gasteiger partial charge in [-0.25, -0.2) is 4.79 Å². The van der Waals surface area contributed by atoms with E-state index < -0.39 is 27.5 Å². The van der Waals surface area contributed by atoms with Crippen molar-refractivity contribution in [1.82, 2.24) is 0 Å². The molecule has 0 saturated carbocycles. The number of Topliss-reactive ketones (excluding diaryl/α,β-unsaturated/α-hetero) is 1. The maximum Gasteiger partial charge on any atom is 0.337 e. The van der Waals surface area contributed by atoms with E-state index in [-0.39, 0.29) is 16.9 Å². The van der Waals surface area contributed by atoms with E-state index in [4.69, 9.17) is 5.11 Å². The Balaban J connectivity index is 3.34. The number of aliphatic hydroxyl groups is 1. The van der Waals surface area contributed by atoms with Crippen molar-refractivity contribution < 1.29 is 24.7 Å². The van der Waals surface area contributed by atoms with Gasteiger partial charge in [-0.3, -0.25) is 14.9 Å². The molecule has 0 aliphatic heterocycles. The summed E-state index contributed by atoms with van der Waals surface area (Å²) in [6, 6.07) is 3.43. The Morgan fingerprint density at radius 1 is 1.42 bits per heavy atom. The maximum absolute atomic E-state index is 11.2. The van der Waals surface area contributed by atoms with E-state index >= 15 is 0 Å². The van der Waals surface area contributed by atoms with E-state index in [1.807, 2.05) is 0 Å². The highest BCUT2D eigenvalue weighted by atomic mass is 79.9. The topological polar surface area (TPSA) is 118 Å². The lowest BCUT2D eigenvalue weighted by Gasteiger charge is -2.10. The summed E-state index contributed by atoms with van der Waals surface area (Å²) in [6.07, 6.45) is -1.85. The van der Waals surface area contributed by atoms with E-state index in [0.717, 1.165) is 6.07 Å². The van der Waals surface area contributed by atoms with Gasteiger partial charge < -0.3 is 10.2 Å². The first-order chi connectivity index (χ1) is 8.75. The minimum Gasteiger partial charge on any atom is -0.479 e. The number of rotatable bonds is 5. The van der Waals surface area contributed by atoms with Crippen LogP contribution in [0.3, 0.4) is 0 Å². The molecule has 2 atom stereocenters. The Kier molecular flexibility index (Phi) is 4.73. The Morgan fingerprint density at radius 2 is 2.00 bits per heavy atom. The molecule has 0 aliphatic carbocycles. The minimum atomic E-state index is -1.85. The molecule has 102 valence electrons. The molecule has 2 N–H and O–H groups in total. The summed E-state index contributed by atoms with van der Waals surface area (Å²) in [6.45, 7) is 1.27. The summed E-state index contributed by atoms with van der Waals surface area (Å²) in [5.41, 5.74) is -0.431. The molecule has 0 bridgehead atoms. The van der Waals surface area contributed by atoms with Crippen LogP contribution in [0, 0.1) is 10.1 Å². The monoisotopic (exact) mass is 331 g/mol. The first-order valence-electron chi connectivity index (χ1n) is 5.09. The molecule has 1 aromatic carbocycles. The molecule has 0 heterocycles. The zero-order valence-electron chi connectivity index (χ0n) is 9.74. The van der Waals surface area contributed by atoms with Crippen LogP contribution in [0.4, 0.5) is 5.69 Å². The molecule has 1 aromatic rings. The molecule has 8 heteroatoms. The predicted octanol–water partition coefficient (Wildman–Crippen LogP) is 1.74. The quantitative estimate of drug-likeness (QED) is 0.482. The van der Waals surface area contributed by atoms with Crippen molar-refractivity contribution in [2.45, 2.75) is 17.9 Å². The van der Waals surface area contributed by atoms with Crippen molar-refractivity contribution in [1.29, 1.82) is 0 Å². The van der Waals surface area contributed by atoms with Gasteiger partial charge in [-0.05, 0) is 12.5 Å². The molecule has 19 heavy (non-hydrogen) atoms. The zero-order valence-corrected chi connectivity index (χ0v) is 11.3. The number of hydrogen-bond acceptors (Lipinski definition) is 5. The molecule has 1 rings (SSSR count). The number of carbonyl (C=O) groups excluding carboxylic acids is 1. The number of aliphatic hydroxyl groups excluding tert-OH is 1. The fraction of sp³-hybridized carbons (Fsp3) is 0.273. The predicted molar refractivity (Wildman–Crippen MR) is 68.0 cm³/mol. The van der Waals surface area contributed by atoms with Crippen LogP contribution in [0.1, 0.15) is 29.0 Å². The SMILES string of the molecule is CC(=O)C(Br)c1ccc(C(O)C(=O)O)cc1[N+](=O)[O-]. The molecule has 0 fully saturated rings. The van der Waals surface area contributed by atoms with Crippen LogP contribution in [-0.4, -0.2) is 26.9 Å². The molecule has 0 spiro atoms. The van der Waals surface area contributed by atoms with Crippen molar-refractivity contribution in [2.24, 2.45) is 0 Å². The number of ketones is 1. The largest absolute Gasteiger partial charge is 0.479 e. The zero-order chi connectivity index (χ0) is 14.7. The van der Waals surface area contributed by atoms with Gasteiger partial charge in [0.25, 0.3) is 5.69 Å².